The average molecular weight is 288 g/mol. The Labute approximate surface area is 129 Å². The number of amides is 2. The molecule has 0 aliphatic carbocycles. The second-order valence-corrected chi connectivity index (χ2v) is 4.51. The van der Waals surface area contributed by atoms with Crippen molar-refractivity contribution in [3.8, 4) is 0 Å². The van der Waals surface area contributed by atoms with E-state index in [9.17, 15) is 4.79 Å². The third-order valence-corrected chi connectivity index (χ3v) is 2.92. The van der Waals surface area contributed by atoms with Gasteiger partial charge in [0, 0.05) is 6.20 Å². The highest BCUT2D eigenvalue weighted by molar-refractivity contribution is 5.93. The number of rotatable bonds is 1. The molecule has 1 aromatic rings. The lowest BCUT2D eigenvalue weighted by atomic mass is 10.1. The van der Waals surface area contributed by atoms with Crippen molar-refractivity contribution in [3.63, 3.8) is 0 Å². The summed E-state index contributed by atoms with van der Waals surface area (Å²) >= 11 is 0. The summed E-state index contributed by atoms with van der Waals surface area (Å²) in [6, 6.07) is 7.44. The van der Waals surface area contributed by atoms with Crippen molar-refractivity contribution in [1.82, 2.24) is 0 Å². The van der Waals surface area contributed by atoms with E-state index in [2.05, 4.69) is 13.5 Å². The predicted molar refractivity (Wildman–Crippen MR) is 92.4 cm³/mol. The fraction of sp³-hybridized carbons (Fsp3) is 0.389. The van der Waals surface area contributed by atoms with E-state index >= 15 is 0 Å². The van der Waals surface area contributed by atoms with Gasteiger partial charge in [0.25, 0.3) is 0 Å². The maximum Gasteiger partial charge on any atom is 0.323 e. The van der Waals surface area contributed by atoms with Gasteiger partial charge in [-0.3, -0.25) is 4.90 Å². The van der Waals surface area contributed by atoms with E-state index in [4.69, 9.17) is 5.73 Å². The van der Waals surface area contributed by atoms with Gasteiger partial charge in [0.2, 0.25) is 0 Å². The van der Waals surface area contributed by atoms with E-state index < -0.39 is 6.03 Å². The number of carbonyl (C=O) groups is 1. The van der Waals surface area contributed by atoms with Gasteiger partial charge in [-0.15, -0.1) is 6.58 Å². The molecule has 0 saturated heterocycles. The number of nitrogens with two attached hydrogens (primary N) is 1. The Morgan fingerprint density at radius 2 is 1.90 bits per heavy atom. The Morgan fingerprint density at radius 1 is 1.33 bits per heavy atom. The number of para-hydroxylation sites is 1. The first-order valence-electron chi connectivity index (χ1n) is 7.54. The molecule has 0 fully saturated rings. The van der Waals surface area contributed by atoms with Crippen molar-refractivity contribution in [2.75, 3.05) is 4.90 Å². The molecule has 1 aliphatic heterocycles. The first-order chi connectivity index (χ1) is 10.1. The van der Waals surface area contributed by atoms with E-state index in [1.54, 1.807) is 0 Å². The van der Waals surface area contributed by atoms with Crippen molar-refractivity contribution in [2.45, 2.75) is 47.0 Å². The Kier molecular flexibility index (Phi) is 9.69. The smallest absolute Gasteiger partial charge is 0.323 e. The van der Waals surface area contributed by atoms with Crippen LogP contribution in [0.5, 0.6) is 0 Å². The number of hydrogen-bond donors (Lipinski definition) is 1. The van der Waals surface area contributed by atoms with Crippen LogP contribution >= 0.6 is 0 Å². The molecule has 1 aliphatic rings. The minimum absolute atomic E-state index is 0.427. The van der Waals surface area contributed by atoms with Crippen molar-refractivity contribution in [2.24, 2.45) is 5.73 Å². The van der Waals surface area contributed by atoms with Crippen LogP contribution in [-0.4, -0.2) is 6.03 Å². The highest BCUT2D eigenvalue weighted by Crippen LogP contribution is 2.27. The number of primary amides is 1. The minimum Gasteiger partial charge on any atom is -0.351 e. The lowest BCUT2D eigenvalue weighted by Crippen LogP contribution is -2.31. The van der Waals surface area contributed by atoms with Crippen molar-refractivity contribution < 1.29 is 4.79 Å². The number of aryl methyl sites for hydroxylation is 1. The first kappa shape index (κ1) is 19.0. The standard InChI is InChI=1S/C12H14N2O.C4H8.C2H6/c1-9-6-7-10-4-2-3-5-11(10)14(8-9)12(13)15;1-3-4-2;1-2/h2-5,8H,6-7H2,1H3,(H2,13,15);3H,1,4H2,2H3;1-2H3. The largest absolute Gasteiger partial charge is 0.351 e. The van der Waals surface area contributed by atoms with Crippen LogP contribution in [-0.2, 0) is 6.42 Å². The maximum absolute atomic E-state index is 11.3. The molecule has 3 heteroatoms. The SMILES string of the molecule is C=CCC.CC.CC1=CN(C(N)=O)c2ccccc2CC1. The molecule has 0 atom stereocenters. The topological polar surface area (TPSA) is 46.3 Å². The van der Waals surface area contributed by atoms with Gasteiger partial charge in [-0.25, -0.2) is 4.79 Å². The zero-order valence-corrected chi connectivity index (χ0v) is 13.7. The number of benzene rings is 1. The summed E-state index contributed by atoms with van der Waals surface area (Å²) in [6.07, 6.45) is 6.72. The second-order valence-electron chi connectivity index (χ2n) is 4.51. The van der Waals surface area contributed by atoms with E-state index in [-0.39, 0.29) is 0 Å². The molecule has 21 heavy (non-hydrogen) atoms. The van der Waals surface area contributed by atoms with Crippen LogP contribution in [0.1, 0.15) is 46.1 Å². The minimum atomic E-state index is -0.427. The summed E-state index contributed by atoms with van der Waals surface area (Å²) < 4.78 is 0. The molecule has 0 bridgehead atoms. The predicted octanol–water partition coefficient (Wildman–Crippen LogP) is 5.03. The summed E-state index contributed by atoms with van der Waals surface area (Å²) in [5.74, 6) is 0. The molecule has 0 spiro atoms. The molecular weight excluding hydrogens is 260 g/mol. The molecule has 2 rings (SSSR count). The number of fused-ring (bicyclic) bond motifs is 1. The van der Waals surface area contributed by atoms with Gasteiger partial charge >= 0.3 is 6.03 Å². The molecule has 0 aromatic heterocycles. The molecule has 1 aromatic carbocycles. The molecule has 0 radical (unpaired) electrons. The van der Waals surface area contributed by atoms with Gasteiger partial charge in [0.15, 0.2) is 0 Å². The van der Waals surface area contributed by atoms with Crippen molar-refractivity contribution in [3.05, 3.63) is 54.3 Å². The van der Waals surface area contributed by atoms with E-state index in [0.29, 0.717) is 0 Å². The highest BCUT2D eigenvalue weighted by Gasteiger charge is 2.16. The summed E-state index contributed by atoms with van der Waals surface area (Å²) in [5.41, 5.74) is 8.60. The number of hydrogen-bond acceptors (Lipinski definition) is 1. The van der Waals surface area contributed by atoms with Gasteiger partial charge in [0.1, 0.15) is 0 Å². The van der Waals surface area contributed by atoms with Crippen molar-refractivity contribution >= 4 is 11.7 Å². The molecular formula is C18H28N2O. The quantitative estimate of drug-likeness (QED) is 0.724. The van der Waals surface area contributed by atoms with Crippen molar-refractivity contribution in [1.29, 1.82) is 0 Å². The number of nitrogens with zero attached hydrogens (tertiary/aromatic N) is 1. The molecule has 2 amide bonds. The van der Waals surface area contributed by atoms with Crippen LogP contribution in [0.2, 0.25) is 0 Å². The highest BCUT2D eigenvalue weighted by atomic mass is 16.2. The summed E-state index contributed by atoms with van der Waals surface area (Å²) in [5, 5.41) is 0. The van der Waals surface area contributed by atoms with Gasteiger partial charge < -0.3 is 5.73 Å². The maximum atomic E-state index is 11.3. The van der Waals surface area contributed by atoms with Gasteiger partial charge in [0.05, 0.1) is 5.69 Å². The Bertz CT molecular complexity index is 478. The van der Waals surface area contributed by atoms with E-state index in [0.717, 1.165) is 24.9 Å². The van der Waals surface area contributed by atoms with Crippen LogP contribution in [0.3, 0.4) is 0 Å². The normalized spacial score (nSPS) is 12.4. The zero-order chi connectivity index (χ0) is 16.3. The molecule has 0 saturated carbocycles. The number of allylic oxidation sites excluding steroid dienone is 2. The monoisotopic (exact) mass is 288 g/mol. The van der Waals surface area contributed by atoms with E-state index in [1.165, 1.54) is 16.0 Å². The molecule has 3 nitrogen and oxygen atoms in total. The fourth-order valence-corrected chi connectivity index (χ4v) is 1.83. The average Bonchev–Trinajstić information content (AvgIpc) is 2.69. The molecule has 2 N–H and O–H groups in total. The summed E-state index contributed by atoms with van der Waals surface area (Å²) in [6.45, 7) is 11.6. The Morgan fingerprint density at radius 3 is 2.43 bits per heavy atom. The van der Waals surface area contributed by atoms with Gasteiger partial charge in [-0.1, -0.05) is 50.6 Å². The van der Waals surface area contributed by atoms with Crippen LogP contribution in [0.4, 0.5) is 10.5 Å². The first-order valence-corrected chi connectivity index (χ1v) is 7.54. The molecule has 116 valence electrons. The second kappa shape index (κ2) is 10.7. The number of urea groups is 1. The van der Waals surface area contributed by atoms with E-state index in [1.807, 2.05) is 57.3 Å². The molecule has 1 heterocycles. The molecule has 0 unspecified atom stereocenters. The summed E-state index contributed by atoms with van der Waals surface area (Å²) in [7, 11) is 0. The zero-order valence-electron chi connectivity index (χ0n) is 13.7. The number of anilines is 1. The number of carbonyl (C=O) groups excluding carboxylic acids is 1. The summed E-state index contributed by atoms with van der Waals surface area (Å²) in [4.78, 5) is 12.8. The third-order valence-electron chi connectivity index (χ3n) is 2.92. The lowest BCUT2D eigenvalue weighted by molar-refractivity contribution is 0.256. The lowest BCUT2D eigenvalue weighted by Gasteiger charge is -2.17. The fourth-order valence-electron chi connectivity index (χ4n) is 1.83. The Hall–Kier alpha value is -2.03. The Balaban J connectivity index is 0.000000579. The van der Waals surface area contributed by atoms with Crippen LogP contribution in [0.15, 0.2) is 48.7 Å². The third kappa shape index (κ3) is 6.30. The van der Waals surface area contributed by atoms with Crippen LogP contribution in [0.25, 0.3) is 0 Å². The van der Waals surface area contributed by atoms with Gasteiger partial charge in [-0.05, 0) is 37.8 Å². The van der Waals surface area contributed by atoms with Gasteiger partial charge in [-0.2, -0.15) is 0 Å². The van der Waals surface area contributed by atoms with Crippen LogP contribution < -0.4 is 10.6 Å². The van der Waals surface area contributed by atoms with Crippen LogP contribution in [0, 0.1) is 0 Å².